The van der Waals surface area contributed by atoms with Gasteiger partial charge in [0.15, 0.2) is 6.10 Å². The highest BCUT2D eigenvalue weighted by molar-refractivity contribution is 5.71. The van der Waals surface area contributed by atoms with Gasteiger partial charge >= 0.3 is 17.9 Å². The second kappa shape index (κ2) is 69.8. The minimum absolute atomic E-state index is 0.0984. The Morgan fingerprint density at radius 1 is 0.253 bits per heavy atom. The summed E-state index contributed by atoms with van der Waals surface area (Å²) in [6.07, 6.45) is 100.0. The zero-order chi connectivity index (χ0) is 59.9. The summed E-state index contributed by atoms with van der Waals surface area (Å²) >= 11 is 0. The molecule has 0 heterocycles. The average Bonchev–Trinajstić information content (AvgIpc) is 3.49. The molecule has 0 fully saturated rings. The van der Waals surface area contributed by atoms with E-state index in [1.807, 2.05) is 0 Å². The van der Waals surface area contributed by atoms with Gasteiger partial charge in [-0.15, -0.1) is 0 Å². The van der Waals surface area contributed by atoms with Crippen molar-refractivity contribution in [2.75, 3.05) is 13.2 Å². The van der Waals surface area contributed by atoms with Crippen LogP contribution in [-0.2, 0) is 28.6 Å². The molecule has 0 amide bonds. The van der Waals surface area contributed by atoms with E-state index in [0.29, 0.717) is 12.8 Å². The zero-order valence-electron chi connectivity index (χ0n) is 53.9. The lowest BCUT2D eigenvalue weighted by Gasteiger charge is -2.18. The first-order chi connectivity index (χ1) is 41.0. The number of esters is 3. The summed E-state index contributed by atoms with van der Waals surface area (Å²) in [5.41, 5.74) is 0. The highest BCUT2D eigenvalue weighted by Gasteiger charge is 2.19. The molecular weight excluding hydrogens is 1020 g/mol. The molecule has 0 aromatic heterocycles. The first-order valence-electron chi connectivity index (χ1n) is 34.3. The van der Waals surface area contributed by atoms with Crippen LogP contribution in [0, 0.1) is 0 Å². The van der Waals surface area contributed by atoms with Crippen LogP contribution in [0.1, 0.15) is 303 Å². The number of carbonyl (C=O) groups is 3. The number of ether oxygens (including phenoxy) is 3. The summed E-state index contributed by atoms with van der Waals surface area (Å²) in [6.45, 7) is 6.39. The second-order valence-corrected chi connectivity index (χ2v) is 22.3. The molecule has 0 aliphatic heterocycles. The summed E-state index contributed by atoms with van der Waals surface area (Å²) in [5.74, 6) is -0.935. The third kappa shape index (κ3) is 68.0. The lowest BCUT2D eigenvalue weighted by Crippen LogP contribution is -2.30. The second-order valence-electron chi connectivity index (χ2n) is 22.3. The molecule has 1 unspecified atom stereocenters. The fourth-order valence-electron chi connectivity index (χ4n) is 9.23. The fraction of sp³-hybridized carbons (Fsp3) is 0.649. The zero-order valence-corrected chi connectivity index (χ0v) is 53.9. The Morgan fingerprint density at radius 2 is 0.470 bits per heavy atom. The lowest BCUT2D eigenvalue weighted by molar-refractivity contribution is -0.167. The maximum absolute atomic E-state index is 12.9. The summed E-state index contributed by atoms with van der Waals surface area (Å²) in [4.78, 5) is 38.4. The highest BCUT2D eigenvalue weighted by Crippen LogP contribution is 2.15. The van der Waals surface area contributed by atoms with Gasteiger partial charge in [-0.25, -0.2) is 0 Å². The molecule has 6 heteroatoms. The van der Waals surface area contributed by atoms with Crippen LogP contribution in [-0.4, -0.2) is 37.2 Å². The highest BCUT2D eigenvalue weighted by atomic mass is 16.6. The Hall–Kier alpha value is -4.71. The molecule has 0 aromatic rings. The average molecular weight is 1150 g/mol. The molecule has 1 atom stereocenters. The van der Waals surface area contributed by atoms with Crippen molar-refractivity contribution in [3.05, 3.63) is 146 Å². The summed E-state index contributed by atoms with van der Waals surface area (Å²) < 4.78 is 16.9. The fourth-order valence-corrected chi connectivity index (χ4v) is 9.23. The molecule has 0 spiro atoms. The Morgan fingerprint density at radius 3 is 0.759 bits per heavy atom. The van der Waals surface area contributed by atoms with Gasteiger partial charge < -0.3 is 14.2 Å². The van der Waals surface area contributed by atoms with Gasteiger partial charge in [0, 0.05) is 19.3 Å². The van der Waals surface area contributed by atoms with Crippen LogP contribution >= 0.6 is 0 Å². The lowest BCUT2D eigenvalue weighted by atomic mass is 10.1. The van der Waals surface area contributed by atoms with Gasteiger partial charge in [-0.05, 0) is 141 Å². The van der Waals surface area contributed by atoms with Crippen LogP contribution in [0.15, 0.2) is 146 Å². The quantitative estimate of drug-likeness (QED) is 0.0261. The summed E-state index contributed by atoms with van der Waals surface area (Å²) in [7, 11) is 0. The van der Waals surface area contributed by atoms with E-state index in [4.69, 9.17) is 14.2 Å². The molecule has 0 aliphatic rings. The topological polar surface area (TPSA) is 78.9 Å². The van der Waals surface area contributed by atoms with E-state index in [-0.39, 0.29) is 37.5 Å². The minimum atomic E-state index is -0.807. The van der Waals surface area contributed by atoms with E-state index in [1.165, 1.54) is 128 Å². The van der Waals surface area contributed by atoms with Gasteiger partial charge in [0.1, 0.15) is 13.2 Å². The van der Waals surface area contributed by atoms with Crippen molar-refractivity contribution < 1.29 is 28.6 Å². The van der Waals surface area contributed by atoms with Crippen molar-refractivity contribution in [3.8, 4) is 0 Å². The standard InChI is InChI=1S/C77H126O6/c1-4-7-10-13-16-19-22-25-28-31-33-34-35-36-37-38-39-40-41-42-44-46-49-52-55-58-61-64-67-70-76(79)82-73-74(72-81-75(78)69-66-63-60-57-54-51-48-45-30-27-24-21-18-15-12-9-6-3)83-77(80)71-68-65-62-59-56-53-50-47-43-32-29-26-23-20-17-14-11-8-5-2/h7-8,10-11,16-17,19-20,25-30,33-34,36-37,39-40,43,47,53,56,74H,4-6,9,12-15,18,21-24,31-32,35,38,41-42,44-46,48-52,54-55,57-73H2,1-3H3/b10-7-,11-8-,19-16-,20-17-,28-25-,29-26-,30-27-,34-33-,37-36-,40-39-,47-43-,56-53-. The predicted octanol–water partition coefficient (Wildman–Crippen LogP) is 23.9. The third-order valence-corrected chi connectivity index (χ3v) is 14.3. The molecule has 6 nitrogen and oxygen atoms in total. The van der Waals surface area contributed by atoms with E-state index in [1.54, 1.807) is 0 Å². The monoisotopic (exact) mass is 1150 g/mol. The molecule has 83 heavy (non-hydrogen) atoms. The van der Waals surface area contributed by atoms with Crippen LogP contribution in [0.25, 0.3) is 0 Å². The van der Waals surface area contributed by atoms with Crippen LogP contribution in [0.3, 0.4) is 0 Å². The van der Waals surface area contributed by atoms with Crippen LogP contribution < -0.4 is 0 Å². The van der Waals surface area contributed by atoms with Gasteiger partial charge in [-0.3, -0.25) is 14.4 Å². The molecule has 0 aromatic carbocycles. The Balaban J connectivity index is 4.41. The van der Waals surface area contributed by atoms with E-state index in [0.717, 1.165) is 135 Å². The normalized spacial score (nSPS) is 13.0. The van der Waals surface area contributed by atoms with Crippen molar-refractivity contribution >= 4 is 17.9 Å². The number of hydrogen-bond donors (Lipinski definition) is 0. The Kier molecular flexibility index (Phi) is 65.8. The number of allylic oxidation sites excluding steroid dienone is 24. The van der Waals surface area contributed by atoms with Gasteiger partial charge in [0.05, 0.1) is 0 Å². The van der Waals surface area contributed by atoms with Crippen LogP contribution in [0.2, 0.25) is 0 Å². The van der Waals surface area contributed by atoms with Gasteiger partial charge in [-0.1, -0.05) is 289 Å². The maximum Gasteiger partial charge on any atom is 0.306 e. The Labute approximate surface area is 512 Å². The van der Waals surface area contributed by atoms with Gasteiger partial charge in [0.25, 0.3) is 0 Å². The molecular formula is C77H126O6. The molecule has 0 saturated carbocycles. The first kappa shape index (κ1) is 78.3. The predicted molar refractivity (Wildman–Crippen MR) is 362 cm³/mol. The van der Waals surface area contributed by atoms with Crippen molar-refractivity contribution in [2.24, 2.45) is 0 Å². The Bertz CT molecular complexity index is 1800. The number of hydrogen-bond acceptors (Lipinski definition) is 6. The van der Waals surface area contributed by atoms with Gasteiger partial charge in [-0.2, -0.15) is 0 Å². The SMILES string of the molecule is CC/C=C\C/C=C\C/C=C\C/C=C\C/C=C\C/C=C\CCCCCCCCCCCCC(=O)OCC(COC(=O)CCCCCCCCC/C=C\CCCCCCCC)OC(=O)CCCCC/C=C\C/C=C\C/C=C\C/C=C\C/C=C\CC. The molecule has 0 rings (SSSR count). The van der Waals surface area contributed by atoms with E-state index < -0.39 is 6.10 Å². The summed E-state index contributed by atoms with van der Waals surface area (Å²) in [6, 6.07) is 0. The third-order valence-electron chi connectivity index (χ3n) is 14.3. The van der Waals surface area contributed by atoms with Gasteiger partial charge in [0.2, 0.25) is 0 Å². The molecule has 0 radical (unpaired) electrons. The molecule has 0 saturated heterocycles. The van der Waals surface area contributed by atoms with Crippen LogP contribution in [0.5, 0.6) is 0 Å². The number of rotatable bonds is 61. The van der Waals surface area contributed by atoms with Crippen molar-refractivity contribution in [2.45, 2.75) is 309 Å². The van der Waals surface area contributed by atoms with E-state index >= 15 is 0 Å². The van der Waals surface area contributed by atoms with Crippen molar-refractivity contribution in [1.29, 1.82) is 0 Å². The van der Waals surface area contributed by atoms with Crippen molar-refractivity contribution in [1.82, 2.24) is 0 Å². The van der Waals surface area contributed by atoms with Crippen LogP contribution in [0.4, 0.5) is 0 Å². The largest absolute Gasteiger partial charge is 0.462 e. The number of unbranched alkanes of at least 4 members (excludes halogenated alkanes) is 26. The minimum Gasteiger partial charge on any atom is -0.462 e. The van der Waals surface area contributed by atoms with E-state index in [2.05, 4.69) is 167 Å². The molecule has 0 N–H and O–H groups in total. The number of carbonyl (C=O) groups excluding carboxylic acids is 3. The van der Waals surface area contributed by atoms with Crippen molar-refractivity contribution in [3.63, 3.8) is 0 Å². The summed E-state index contributed by atoms with van der Waals surface area (Å²) in [5, 5.41) is 0. The smallest absolute Gasteiger partial charge is 0.306 e. The molecule has 0 aliphatic carbocycles. The maximum atomic E-state index is 12.9. The first-order valence-corrected chi connectivity index (χ1v) is 34.3. The molecule has 0 bridgehead atoms. The molecule has 470 valence electrons. The van der Waals surface area contributed by atoms with E-state index in [9.17, 15) is 14.4 Å².